The maximum Gasteiger partial charge on any atom is 0.353 e. The number of carboxylic acids is 1. The van der Waals surface area contributed by atoms with Crippen LogP contribution in [0.5, 0.6) is 0 Å². The summed E-state index contributed by atoms with van der Waals surface area (Å²) >= 11 is 1.46. The van der Waals surface area contributed by atoms with Gasteiger partial charge >= 0.3 is 5.97 Å². The van der Waals surface area contributed by atoms with Gasteiger partial charge in [0.15, 0.2) is 0 Å². The van der Waals surface area contributed by atoms with E-state index in [1.54, 1.807) is 19.0 Å². The first-order valence-corrected chi connectivity index (χ1v) is 12.4. The molecule has 4 aliphatic heterocycles. The summed E-state index contributed by atoms with van der Waals surface area (Å²) in [7, 11) is 3.43. The number of hydrogen-bond acceptors (Lipinski definition) is 7. The Morgan fingerprint density at radius 1 is 1.24 bits per heavy atom. The highest BCUT2D eigenvalue weighted by Gasteiger charge is 2.60. The van der Waals surface area contributed by atoms with E-state index < -0.39 is 11.9 Å². The number of nitrogens with zero attached hydrogens (tertiary/aromatic N) is 2. The SMILES string of the molecule is C[C@@H](NC(=O)[C@H]1CCCN1)[C@H]1C(=O)N2C(C(=O)O)=C(S[C@@H]3CN[C@H](C(=O)N(C)C)C3)[C@H](C)[C@H]12. The van der Waals surface area contributed by atoms with Gasteiger partial charge in [-0.05, 0) is 32.7 Å². The maximum atomic E-state index is 13.0. The first-order chi connectivity index (χ1) is 15.6. The molecule has 7 atom stereocenters. The average molecular weight is 480 g/mol. The summed E-state index contributed by atoms with van der Waals surface area (Å²) in [4.78, 5) is 53.6. The Labute approximate surface area is 197 Å². The molecule has 10 nitrogen and oxygen atoms in total. The van der Waals surface area contributed by atoms with Gasteiger partial charge < -0.3 is 30.9 Å². The zero-order valence-electron chi connectivity index (χ0n) is 19.5. The second kappa shape index (κ2) is 9.27. The van der Waals surface area contributed by atoms with Crippen LogP contribution in [0.4, 0.5) is 0 Å². The Bertz CT molecular complexity index is 886. The van der Waals surface area contributed by atoms with Crippen LogP contribution in [0.1, 0.15) is 33.1 Å². The van der Waals surface area contributed by atoms with Crippen molar-refractivity contribution in [1.29, 1.82) is 0 Å². The molecule has 0 bridgehead atoms. The van der Waals surface area contributed by atoms with Gasteiger partial charge in [0, 0.05) is 42.8 Å². The zero-order valence-corrected chi connectivity index (χ0v) is 20.3. The molecule has 4 heterocycles. The quantitative estimate of drug-likeness (QED) is 0.362. The average Bonchev–Trinajstić information content (AvgIpc) is 3.48. The van der Waals surface area contributed by atoms with E-state index in [2.05, 4.69) is 16.0 Å². The molecule has 0 spiro atoms. The molecule has 3 saturated heterocycles. The molecule has 0 aromatic carbocycles. The lowest BCUT2D eigenvalue weighted by molar-refractivity contribution is -0.158. The smallest absolute Gasteiger partial charge is 0.353 e. The number of rotatable bonds is 7. The number of nitrogens with one attached hydrogen (secondary N) is 3. The lowest BCUT2D eigenvalue weighted by Crippen LogP contribution is -2.66. The summed E-state index contributed by atoms with van der Waals surface area (Å²) in [5.41, 5.74) is 0.0529. The van der Waals surface area contributed by atoms with E-state index in [1.807, 2.05) is 13.8 Å². The molecule has 33 heavy (non-hydrogen) atoms. The third-order valence-electron chi connectivity index (χ3n) is 7.20. The van der Waals surface area contributed by atoms with Gasteiger partial charge in [-0.3, -0.25) is 14.4 Å². The predicted octanol–water partition coefficient (Wildman–Crippen LogP) is -0.432. The van der Waals surface area contributed by atoms with E-state index in [0.29, 0.717) is 17.9 Å². The van der Waals surface area contributed by atoms with Crippen molar-refractivity contribution >= 4 is 35.5 Å². The number of hydrogen-bond donors (Lipinski definition) is 4. The summed E-state index contributed by atoms with van der Waals surface area (Å²) in [6.07, 6.45) is 2.33. The van der Waals surface area contributed by atoms with Gasteiger partial charge in [0.1, 0.15) is 5.70 Å². The lowest BCUT2D eigenvalue weighted by atomic mass is 9.78. The van der Waals surface area contributed by atoms with E-state index in [1.165, 1.54) is 16.7 Å². The van der Waals surface area contributed by atoms with Crippen LogP contribution in [0.15, 0.2) is 10.6 Å². The normalized spacial score (nSPS) is 34.2. The Kier molecular flexibility index (Phi) is 6.75. The molecule has 3 fully saturated rings. The largest absolute Gasteiger partial charge is 0.477 e. The molecule has 11 heteroatoms. The molecule has 0 saturated carbocycles. The number of carboxylic acid groups (broad SMARTS) is 1. The lowest BCUT2D eigenvalue weighted by Gasteiger charge is -2.47. The standard InChI is InChI=1S/C22H33N5O5S/c1-10-16-15(11(2)25-19(28)13-6-5-7-23-13)21(30)27(16)17(22(31)32)18(10)33-12-8-14(24-9-12)20(29)26(3)4/h10-16,23-24H,5-9H2,1-4H3,(H,25,28)(H,31,32)/t10-,11-,12+,13-,14+,15-,16-/m1/s1. The van der Waals surface area contributed by atoms with Crippen molar-refractivity contribution in [2.24, 2.45) is 11.8 Å². The second-order valence-corrected chi connectivity index (χ2v) is 11.0. The van der Waals surface area contributed by atoms with E-state index in [9.17, 15) is 24.3 Å². The topological polar surface area (TPSA) is 131 Å². The fraction of sp³-hybridized carbons (Fsp3) is 0.727. The molecule has 0 aromatic rings. The molecular weight excluding hydrogens is 446 g/mol. The van der Waals surface area contributed by atoms with Crippen molar-refractivity contribution in [2.45, 2.75) is 62.5 Å². The van der Waals surface area contributed by atoms with Gasteiger partial charge in [-0.25, -0.2) is 4.79 Å². The minimum atomic E-state index is -1.11. The van der Waals surface area contributed by atoms with Crippen molar-refractivity contribution in [3.63, 3.8) is 0 Å². The highest BCUT2D eigenvalue weighted by atomic mass is 32.2. The molecule has 3 amide bonds. The van der Waals surface area contributed by atoms with E-state index in [4.69, 9.17) is 0 Å². The summed E-state index contributed by atoms with van der Waals surface area (Å²) < 4.78 is 0. The van der Waals surface area contributed by atoms with Gasteiger partial charge in [0.25, 0.3) is 0 Å². The third kappa shape index (κ3) is 4.26. The summed E-state index contributed by atoms with van der Waals surface area (Å²) in [6, 6.07) is -1.18. The molecular formula is C22H33N5O5S. The number of amides is 3. The summed E-state index contributed by atoms with van der Waals surface area (Å²) in [5.74, 6) is -2.08. The Morgan fingerprint density at radius 2 is 1.97 bits per heavy atom. The Hall–Kier alpha value is -2.11. The van der Waals surface area contributed by atoms with Crippen LogP contribution in [-0.4, -0.2) is 95.2 Å². The van der Waals surface area contributed by atoms with Crippen LogP contribution in [0.3, 0.4) is 0 Å². The second-order valence-electron chi connectivity index (χ2n) is 9.65. The molecule has 182 valence electrons. The Balaban J connectivity index is 1.45. The fourth-order valence-corrected chi connectivity index (χ4v) is 6.97. The minimum Gasteiger partial charge on any atom is -0.477 e. The minimum absolute atomic E-state index is 0.00499. The molecule has 4 aliphatic rings. The van der Waals surface area contributed by atoms with Crippen LogP contribution in [0.2, 0.25) is 0 Å². The van der Waals surface area contributed by atoms with E-state index in [0.717, 1.165) is 19.4 Å². The number of carbonyl (C=O) groups is 4. The number of fused-ring (bicyclic) bond motifs is 1. The van der Waals surface area contributed by atoms with Crippen molar-refractivity contribution in [1.82, 2.24) is 25.8 Å². The van der Waals surface area contributed by atoms with E-state index in [-0.39, 0.29) is 58.8 Å². The first kappa shape index (κ1) is 24.0. The van der Waals surface area contributed by atoms with Gasteiger partial charge in [-0.2, -0.15) is 0 Å². The molecule has 4 N–H and O–H groups in total. The Morgan fingerprint density at radius 3 is 2.58 bits per heavy atom. The number of carbonyl (C=O) groups excluding carboxylic acids is 3. The first-order valence-electron chi connectivity index (χ1n) is 11.6. The van der Waals surface area contributed by atoms with Crippen molar-refractivity contribution in [3.05, 3.63) is 10.6 Å². The number of likely N-dealkylation sites (N-methyl/N-ethyl adjacent to an activating group) is 1. The van der Waals surface area contributed by atoms with Gasteiger partial charge in [0.2, 0.25) is 17.7 Å². The van der Waals surface area contributed by atoms with Gasteiger partial charge in [-0.1, -0.05) is 6.92 Å². The highest BCUT2D eigenvalue weighted by molar-refractivity contribution is 8.03. The molecule has 0 radical (unpaired) electrons. The molecule has 0 unspecified atom stereocenters. The van der Waals surface area contributed by atoms with Crippen LogP contribution >= 0.6 is 11.8 Å². The van der Waals surface area contributed by atoms with E-state index >= 15 is 0 Å². The molecule has 4 rings (SSSR count). The van der Waals surface area contributed by atoms with Gasteiger partial charge in [0.05, 0.1) is 24.0 Å². The van der Waals surface area contributed by atoms with Crippen LogP contribution in [0.25, 0.3) is 0 Å². The maximum absolute atomic E-state index is 13.0. The number of aliphatic carboxylic acids is 1. The molecule has 0 aromatic heterocycles. The summed E-state index contributed by atoms with van der Waals surface area (Å²) in [6.45, 7) is 5.18. The van der Waals surface area contributed by atoms with Crippen molar-refractivity contribution < 1.29 is 24.3 Å². The van der Waals surface area contributed by atoms with Crippen molar-refractivity contribution in [3.8, 4) is 0 Å². The number of β-lactam (4-membered cyclic amide) rings is 1. The van der Waals surface area contributed by atoms with Crippen molar-refractivity contribution in [2.75, 3.05) is 27.2 Å². The fourth-order valence-electron chi connectivity index (χ4n) is 5.49. The highest BCUT2D eigenvalue weighted by Crippen LogP contribution is 2.51. The molecule has 0 aliphatic carbocycles. The third-order valence-corrected chi connectivity index (χ3v) is 8.71. The number of thioether (sulfide) groups is 1. The van der Waals surface area contributed by atoms with Crippen LogP contribution in [0, 0.1) is 11.8 Å². The monoisotopic (exact) mass is 479 g/mol. The zero-order chi connectivity index (χ0) is 24.0. The van der Waals surface area contributed by atoms with Crippen LogP contribution < -0.4 is 16.0 Å². The summed E-state index contributed by atoms with van der Waals surface area (Å²) in [5, 5.41) is 19.3. The van der Waals surface area contributed by atoms with Gasteiger partial charge in [-0.15, -0.1) is 11.8 Å². The van der Waals surface area contributed by atoms with Crippen LogP contribution in [-0.2, 0) is 19.2 Å². The predicted molar refractivity (Wildman–Crippen MR) is 123 cm³/mol.